The summed E-state index contributed by atoms with van der Waals surface area (Å²) in [6, 6.07) is 18.1. The van der Waals surface area contributed by atoms with Crippen molar-refractivity contribution in [1.82, 2.24) is 10.2 Å². The first-order valence-electron chi connectivity index (χ1n) is 8.14. The maximum absolute atomic E-state index is 12.2. The summed E-state index contributed by atoms with van der Waals surface area (Å²) in [6.07, 6.45) is 0. The SMILES string of the molecule is CN=C(NCCS(=O)Cc1ccccc1)N(C)Cc1ccccc1Br.I. The highest BCUT2D eigenvalue weighted by molar-refractivity contribution is 14.0. The van der Waals surface area contributed by atoms with Crippen molar-refractivity contribution < 1.29 is 4.21 Å². The number of guanidine groups is 1. The first kappa shape index (κ1) is 23.1. The van der Waals surface area contributed by atoms with Gasteiger partial charge in [-0.25, -0.2) is 0 Å². The molecular weight excluding hydrogens is 525 g/mol. The zero-order chi connectivity index (χ0) is 18.1. The summed E-state index contributed by atoms with van der Waals surface area (Å²) in [7, 11) is 2.87. The van der Waals surface area contributed by atoms with Crippen LogP contribution in [0.2, 0.25) is 0 Å². The lowest BCUT2D eigenvalue weighted by Crippen LogP contribution is -2.40. The Balaban J connectivity index is 0.00000338. The van der Waals surface area contributed by atoms with Gasteiger partial charge in [-0.15, -0.1) is 24.0 Å². The second-order valence-electron chi connectivity index (χ2n) is 5.70. The van der Waals surface area contributed by atoms with Gasteiger partial charge in [-0.2, -0.15) is 0 Å². The lowest BCUT2D eigenvalue weighted by atomic mass is 10.2. The number of aliphatic imine (C=N–C) groups is 1. The molecule has 4 nitrogen and oxygen atoms in total. The Morgan fingerprint density at radius 3 is 2.46 bits per heavy atom. The fourth-order valence-electron chi connectivity index (χ4n) is 2.45. The molecule has 2 rings (SSSR count). The van der Waals surface area contributed by atoms with Gasteiger partial charge < -0.3 is 10.2 Å². The van der Waals surface area contributed by atoms with Crippen LogP contribution in [-0.2, 0) is 23.1 Å². The minimum absolute atomic E-state index is 0. The van der Waals surface area contributed by atoms with Crippen LogP contribution in [0.5, 0.6) is 0 Å². The summed E-state index contributed by atoms with van der Waals surface area (Å²) in [6.45, 7) is 1.38. The number of rotatable bonds is 7. The smallest absolute Gasteiger partial charge is 0.193 e. The monoisotopic (exact) mass is 549 g/mol. The van der Waals surface area contributed by atoms with Crippen molar-refractivity contribution in [3.63, 3.8) is 0 Å². The molecule has 0 spiro atoms. The third-order valence-electron chi connectivity index (χ3n) is 3.72. The molecule has 0 saturated heterocycles. The number of hydrogen-bond donors (Lipinski definition) is 1. The van der Waals surface area contributed by atoms with E-state index in [0.29, 0.717) is 18.1 Å². The average Bonchev–Trinajstić information content (AvgIpc) is 2.61. The van der Waals surface area contributed by atoms with Gasteiger partial charge in [-0.3, -0.25) is 9.20 Å². The van der Waals surface area contributed by atoms with E-state index in [1.54, 1.807) is 7.05 Å². The Morgan fingerprint density at radius 2 is 1.81 bits per heavy atom. The Bertz CT molecular complexity index is 728. The van der Waals surface area contributed by atoms with E-state index in [2.05, 4.69) is 37.2 Å². The molecule has 142 valence electrons. The van der Waals surface area contributed by atoms with Crippen LogP contribution in [0.15, 0.2) is 64.1 Å². The van der Waals surface area contributed by atoms with Crippen molar-refractivity contribution in [2.75, 3.05) is 26.4 Å². The number of nitrogens with zero attached hydrogens (tertiary/aromatic N) is 2. The minimum Gasteiger partial charge on any atom is -0.355 e. The van der Waals surface area contributed by atoms with Crippen molar-refractivity contribution in [1.29, 1.82) is 0 Å². The van der Waals surface area contributed by atoms with E-state index >= 15 is 0 Å². The molecule has 2 aromatic carbocycles. The summed E-state index contributed by atoms with van der Waals surface area (Å²) in [4.78, 5) is 6.37. The van der Waals surface area contributed by atoms with Crippen molar-refractivity contribution in [2.45, 2.75) is 12.3 Å². The zero-order valence-electron chi connectivity index (χ0n) is 15.0. The third kappa shape index (κ3) is 7.75. The lowest BCUT2D eigenvalue weighted by molar-refractivity contribution is 0.478. The quantitative estimate of drug-likeness (QED) is 0.322. The first-order valence-corrected chi connectivity index (χ1v) is 10.4. The van der Waals surface area contributed by atoms with Gasteiger partial charge in [0.15, 0.2) is 5.96 Å². The fourth-order valence-corrected chi connectivity index (χ4v) is 3.90. The highest BCUT2D eigenvalue weighted by atomic mass is 127. The number of halogens is 2. The Morgan fingerprint density at radius 1 is 1.15 bits per heavy atom. The van der Waals surface area contributed by atoms with Crippen LogP contribution in [0.25, 0.3) is 0 Å². The molecule has 0 aliphatic rings. The van der Waals surface area contributed by atoms with Gasteiger partial charge in [0.2, 0.25) is 0 Å². The van der Waals surface area contributed by atoms with Crippen molar-refractivity contribution in [3.8, 4) is 0 Å². The Kier molecular flexibility index (Phi) is 11.1. The van der Waals surface area contributed by atoms with E-state index in [0.717, 1.165) is 22.5 Å². The topological polar surface area (TPSA) is 44.7 Å². The molecule has 2 aromatic rings. The van der Waals surface area contributed by atoms with E-state index in [9.17, 15) is 4.21 Å². The van der Waals surface area contributed by atoms with Crippen LogP contribution >= 0.6 is 39.9 Å². The van der Waals surface area contributed by atoms with Crippen molar-refractivity contribution in [3.05, 3.63) is 70.2 Å². The molecule has 0 aliphatic heterocycles. The van der Waals surface area contributed by atoms with E-state index in [-0.39, 0.29) is 24.0 Å². The molecule has 0 aromatic heterocycles. The molecule has 0 saturated carbocycles. The molecule has 1 atom stereocenters. The van der Waals surface area contributed by atoms with E-state index < -0.39 is 10.8 Å². The maximum Gasteiger partial charge on any atom is 0.193 e. The number of benzene rings is 2. The van der Waals surface area contributed by atoms with Gasteiger partial charge in [0.1, 0.15) is 0 Å². The van der Waals surface area contributed by atoms with Gasteiger partial charge >= 0.3 is 0 Å². The van der Waals surface area contributed by atoms with Crippen molar-refractivity contribution in [2.24, 2.45) is 4.99 Å². The summed E-state index contributed by atoms with van der Waals surface area (Å²) < 4.78 is 13.3. The molecule has 0 bridgehead atoms. The first-order chi connectivity index (χ1) is 12.1. The van der Waals surface area contributed by atoms with Gasteiger partial charge in [0.05, 0.1) is 0 Å². The zero-order valence-corrected chi connectivity index (χ0v) is 19.8. The largest absolute Gasteiger partial charge is 0.355 e. The fraction of sp³-hybridized carbons (Fsp3) is 0.316. The predicted molar refractivity (Wildman–Crippen MR) is 126 cm³/mol. The number of nitrogens with one attached hydrogen (secondary N) is 1. The molecule has 0 fully saturated rings. The highest BCUT2D eigenvalue weighted by Gasteiger charge is 2.09. The van der Waals surface area contributed by atoms with E-state index in [4.69, 9.17) is 0 Å². The van der Waals surface area contributed by atoms with Crippen LogP contribution in [0.1, 0.15) is 11.1 Å². The maximum atomic E-state index is 12.2. The van der Waals surface area contributed by atoms with Crippen LogP contribution in [0, 0.1) is 0 Å². The average molecular weight is 550 g/mol. The second-order valence-corrected chi connectivity index (χ2v) is 8.13. The summed E-state index contributed by atoms with van der Waals surface area (Å²) >= 11 is 3.57. The second kappa shape index (κ2) is 12.5. The molecule has 26 heavy (non-hydrogen) atoms. The predicted octanol–water partition coefficient (Wildman–Crippen LogP) is 4.02. The summed E-state index contributed by atoms with van der Waals surface area (Å²) in [5, 5.41) is 3.29. The molecule has 0 radical (unpaired) electrons. The molecule has 1 N–H and O–H groups in total. The minimum atomic E-state index is -0.888. The Hall–Kier alpha value is -0.930. The summed E-state index contributed by atoms with van der Waals surface area (Å²) in [5.41, 5.74) is 2.30. The van der Waals surface area contributed by atoms with Crippen LogP contribution in [-0.4, -0.2) is 41.5 Å². The van der Waals surface area contributed by atoms with Crippen LogP contribution in [0.4, 0.5) is 0 Å². The molecular formula is C19H25BrIN3OS. The standard InChI is InChI=1S/C19H24BrN3OS.HI/c1-21-19(23(2)14-17-10-6-7-11-18(17)20)22-12-13-25(24)15-16-8-4-3-5-9-16;/h3-11H,12-15H2,1-2H3,(H,21,22);1H. The molecule has 0 aliphatic carbocycles. The van der Waals surface area contributed by atoms with Crippen LogP contribution in [0.3, 0.4) is 0 Å². The van der Waals surface area contributed by atoms with E-state index in [1.165, 1.54) is 5.56 Å². The number of hydrogen-bond acceptors (Lipinski definition) is 2. The van der Waals surface area contributed by atoms with Crippen LogP contribution < -0.4 is 5.32 Å². The normalized spacial score (nSPS) is 12.2. The lowest BCUT2D eigenvalue weighted by Gasteiger charge is -2.22. The molecule has 7 heteroatoms. The van der Waals surface area contributed by atoms with Gasteiger partial charge in [-0.1, -0.05) is 64.5 Å². The van der Waals surface area contributed by atoms with Gasteiger partial charge in [-0.05, 0) is 17.2 Å². The summed E-state index contributed by atoms with van der Waals surface area (Å²) in [5.74, 6) is 1.98. The van der Waals surface area contributed by atoms with Gasteiger partial charge in [0, 0.05) is 54.0 Å². The molecule has 0 amide bonds. The molecule has 1 unspecified atom stereocenters. The Labute approximate surface area is 184 Å². The van der Waals surface area contributed by atoms with E-state index in [1.807, 2.05) is 55.6 Å². The highest BCUT2D eigenvalue weighted by Crippen LogP contribution is 2.17. The molecule has 0 heterocycles. The van der Waals surface area contributed by atoms with Crippen molar-refractivity contribution >= 4 is 56.7 Å². The van der Waals surface area contributed by atoms with Gasteiger partial charge in [0.25, 0.3) is 0 Å². The third-order valence-corrected chi connectivity index (χ3v) is 5.81.